The standard InChI is InChI=1S/C11H19N2P/c1-9-11(13-14-12-9)10-7-5-3-2-4-6-8-10/h10H,2-8H2,1H3,(H,12,13). The van der Waals surface area contributed by atoms with E-state index in [1.165, 1.54) is 56.3 Å². The van der Waals surface area contributed by atoms with Gasteiger partial charge < -0.3 is 4.75 Å². The first kappa shape index (κ1) is 10.2. The summed E-state index contributed by atoms with van der Waals surface area (Å²) in [5.41, 5.74) is 2.69. The lowest BCUT2D eigenvalue weighted by Crippen LogP contribution is -2.04. The van der Waals surface area contributed by atoms with E-state index in [0.29, 0.717) is 0 Å². The largest absolute Gasteiger partial charge is 0.325 e. The van der Waals surface area contributed by atoms with E-state index in [1.54, 1.807) is 0 Å². The Bertz CT molecular complexity index is 275. The van der Waals surface area contributed by atoms with Gasteiger partial charge in [0.25, 0.3) is 0 Å². The predicted octanol–water partition coefficient (Wildman–Crippen LogP) is 4.13. The van der Waals surface area contributed by atoms with Crippen molar-refractivity contribution in [1.29, 1.82) is 0 Å². The highest BCUT2D eigenvalue weighted by atomic mass is 31.1. The SMILES string of the molecule is Cc1[nH]pnc1C1CCCCCCC1. The topological polar surface area (TPSA) is 28.7 Å². The number of hydrogen-bond donors (Lipinski definition) is 1. The Balaban J connectivity index is 2.04. The quantitative estimate of drug-likeness (QED) is 0.741. The normalized spacial score (nSPS) is 20.9. The van der Waals surface area contributed by atoms with Gasteiger partial charge in [-0.05, 0) is 19.8 Å². The van der Waals surface area contributed by atoms with Crippen LogP contribution >= 0.6 is 8.51 Å². The zero-order valence-electron chi connectivity index (χ0n) is 8.92. The van der Waals surface area contributed by atoms with Crippen molar-refractivity contribution in [2.45, 2.75) is 57.8 Å². The van der Waals surface area contributed by atoms with Gasteiger partial charge in [-0.2, -0.15) is 0 Å². The molecule has 1 aromatic heterocycles. The van der Waals surface area contributed by atoms with Crippen LogP contribution in [0.4, 0.5) is 0 Å². The number of H-pyrrole nitrogens is 1. The number of aryl methyl sites for hydroxylation is 1. The third kappa shape index (κ3) is 2.36. The summed E-state index contributed by atoms with van der Waals surface area (Å²) in [6.07, 6.45) is 9.79. The molecule has 1 saturated carbocycles. The molecule has 0 bridgehead atoms. The molecule has 0 aromatic carbocycles. The minimum atomic E-state index is 0.748. The summed E-state index contributed by atoms with van der Waals surface area (Å²) >= 11 is 0. The monoisotopic (exact) mass is 210 g/mol. The maximum absolute atomic E-state index is 4.55. The highest BCUT2D eigenvalue weighted by Gasteiger charge is 2.17. The summed E-state index contributed by atoms with van der Waals surface area (Å²) in [5, 5.41) is 0. The highest BCUT2D eigenvalue weighted by molar-refractivity contribution is 7.20. The van der Waals surface area contributed by atoms with Crippen LogP contribution in [0.15, 0.2) is 0 Å². The fourth-order valence-corrected chi connectivity index (χ4v) is 3.14. The Morgan fingerprint density at radius 1 is 1.14 bits per heavy atom. The molecule has 1 fully saturated rings. The zero-order chi connectivity index (χ0) is 9.80. The van der Waals surface area contributed by atoms with Crippen molar-refractivity contribution >= 4 is 8.51 Å². The summed E-state index contributed by atoms with van der Waals surface area (Å²) in [5.74, 6) is 0.748. The number of aromatic amines is 1. The van der Waals surface area contributed by atoms with Crippen LogP contribution in [0.1, 0.15) is 62.3 Å². The number of hydrogen-bond acceptors (Lipinski definition) is 1. The molecule has 1 aliphatic carbocycles. The van der Waals surface area contributed by atoms with Gasteiger partial charge in [-0.15, -0.1) is 0 Å². The van der Waals surface area contributed by atoms with Crippen LogP contribution < -0.4 is 0 Å². The number of nitrogens with zero attached hydrogens (tertiary/aromatic N) is 1. The molecule has 1 N–H and O–H groups in total. The molecule has 1 aliphatic rings. The van der Waals surface area contributed by atoms with Crippen molar-refractivity contribution in [1.82, 2.24) is 9.49 Å². The second kappa shape index (κ2) is 4.93. The van der Waals surface area contributed by atoms with Gasteiger partial charge in [0.1, 0.15) is 8.51 Å². The van der Waals surface area contributed by atoms with Gasteiger partial charge in [0.15, 0.2) is 0 Å². The molecule has 78 valence electrons. The molecule has 1 aromatic rings. The van der Waals surface area contributed by atoms with Gasteiger partial charge in [-0.1, -0.05) is 32.1 Å². The molecule has 2 nitrogen and oxygen atoms in total. The zero-order valence-corrected chi connectivity index (χ0v) is 9.82. The number of rotatable bonds is 1. The summed E-state index contributed by atoms with van der Waals surface area (Å²) < 4.78 is 7.84. The van der Waals surface area contributed by atoms with E-state index in [9.17, 15) is 0 Å². The minimum absolute atomic E-state index is 0.748. The molecule has 1 heterocycles. The number of nitrogens with one attached hydrogen (secondary N) is 1. The van der Waals surface area contributed by atoms with E-state index in [-0.39, 0.29) is 0 Å². The molecule has 14 heavy (non-hydrogen) atoms. The van der Waals surface area contributed by atoms with Crippen molar-refractivity contribution < 1.29 is 0 Å². The Morgan fingerprint density at radius 3 is 2.36 bits per heavy atom. The lowest BCUT2D eigenvalue weighted by atomic mass is 9.88. The van der Waals surface area contributed by atoms with Crippen LogP contribution in [-0.2, 0) is 0 Å². The fourth-order valence-electron chi connectivity index (χ4n) is 2.40. The number of aromatic nitrogens is 2. The van der Waals surface area contributed by atoms with Crippen LogP contribution in [0.3, 0.4) is 0 Å². The van der Waals surface area contributed by atoms with Crippen LogP contribution in [-0.4, -0.2) is 9.49 Å². The van der Waals surface area contributed by atoms with Crippen LogP contribution in [0.2, 0.25) is 0 Å². The van der Waals surface area contributed by atoms with Gasteiger partial charge in [0.2, 0.25) is 0 Å². The summed E-state index contributed by atoms with van der Waals surface area (Å²) in [6, 6.07) is 0. The van der Waals surface area contributed by atoms with Crippen LogP contribution in [0.25, 0.3) is 0 Å². The van der Waals surface area contributed by atoms with E-state index in [2.05, 4.69) is 16.4 Å². The summed E-state index contributed by atoms with van der Waals surface area (Å²) in [7, 11) is 1.04. The highest BCUT2D eigenvalue weighted by Crippen LogP contribution is 2.31. The lowest BCUT2D eigenvalue weighted by molar-refractivity contribution is 0.450. The average Bonchev–Trinajstić information content (AvgIpc) is 2.51. The fraction of sp³-hybridized carbons (Fsp3) is 0.818. The third-order valence-corrected chi connectivity index (χ3v) is 4.00. The molecule has 0 spiro atoms. The summed E-state index contributed by atoms with van der Waals surface area (Å²) in [6.45, 7) is 2.16. The van der Waals surface area contributed by atoms with E-state index in [0.717, 1.165) is 14.4 Å². The lowest BCUT2D eigenvalue weighted by Gasteiger charge is -2.18. The minimum Gasteiger partial charge on any atom is -0.325 e. The van der Waals surface area contributed by atoms with Crippen molar-refractivity contribution in [3.63, 3.8) is 0 Å². The third-order valence-electron chi connectivity index (χ3n) is 3.25. The average molecular weight is 210 g/mol. The Kier molecular flexibility index (Phi) is 3.58. The molecule has 0 radical (unpaired) electrons. The molecular weight excluding hydrogens is 191 g/mol. The molecule has 0 unspecified atom stereocenters. The molecule has 0 aliphatic heterocycles. The smallest absolute Gasteiger partial charge is 0.129 e. The second-order valence-electron chi connectivity index (χ2n) is 4.36. The molecule has 2 rings (SSSR count). The van der Waals surface area contributed by atoms with Gasteiger partial charge in [-0.25, -0.2) is 4.75 Å². The van der Waals surface area contributed by atoms with E-state index in [1.807, 2.05) is 0 Å². The van der Waals surface area contributed by atoms with Gasteiger partial charge in [-0.3, -0.25) is 0 Å². The second-order valence-corrected chi connectivity index (χ2v) is 4.99. The van der Waals surface area contributed by atoms with Crippen LogP contribution in [0.5, 0.6) is 0 Å². The van der Waals surface area contributed by atoms with Gasteiger partial charge in [0, 0.05) is 11.6 Å². The van der Waals surface area contributed by atoms with E-state index >= 15 is 0 Å². The Labute approximate surface area is 87.8 Å². The van der Waals surface area contributed by atoms with Gasteiger partial charge in [0.05, 0.1) is 5.69 Å². The maximum Gasteiger partial charge on any atom is 0.129 e. The predicted molar refractivity (Wildman–Crippen MR) is 60.9 cm³/mol. The Morgan fingerprint density at radius 2 is 1.79 bits per heavy atom. The van der Waals surface area contributed by atoms with Gasteiger partial charge >= 0.3 is 0 Å². The van der Waals surface area contributed by atoms with Crippen molar-refractivity contribution in [3.8, 4) is 0 Å². The molecule has 0 saturated heterocycles. The first-order chi connectivity index (χ1) is 6.88. The first-order valence-electron chi connectivity index (χ1n) is 5.75. The summed E-state index contributed by atoms with van der Waals surface area (Å²) in [4.78, 5) is 0. The van der Waals surface area contributed by atoms with E-state index < -0.39 is 0 Å². The molecule has 0 amide bonds. The first-order valence-corrected chi connectivity index (χ1v) is 6.60. The van der Waals surface area contributed by atoms with Crippen molar-refractivity contribution in [3.05, 3.63) is 11.4 Å². The van der Waals surface area contributed by atoms with Crippen molar-refractivity contribution in [2.75, 3.05) is 0 Å². The van der Waals surface area contributed by atoms with E-state index in [4.69, 9.17) is 0 Å². The molecular formula is C11H19N2P. The molecule has 0 atom stereocenters. The van der Waals surface area contributed by atoms with Crippen LogP contribution in [0, 0.1) is 6.92 Å². The molecule has 3 heteroatoms. The van der Waals surface area contributed by atoms with Crippen molar-refractivity contribution in [2.24, 2.45) is 0 Å². The maximum atomic E-state index is 4.55. The Hall–Kier alpha value is -0.360.